The molecule has 5 rings (SSSR count). The van der Waals surface area contributed by atoms with Gasteiger partial charge in [-0.2, -0.15) is 0 Å². The lowest BCUT2D eigenvalue weighted by atomic mass is 9.87. The van der Waals surface area contributed by atoms with Crippen molar-refractivity contribution in [3.63, 3.8) is 0 Å². The molecule has 9 heteroatoms. The van der Waals surface area contributed by atoms with Crippen molar-refractivity contribution in [2.45, 2.75) is 71.3 Å². The largest absolute Gasteiger partial charge is 0.493 e. The van der Waals surface area contributed by atoms with Gasteiger partial charge in [-0.3, -0.25) is 4.90 Å². The molecule has 3 aromatic carbocycles. The minimum absolute atomic E-state index is 0.0174. The number of ether oxygens (including phenoxy) is 3. The van der Waals surface area contributed by atoms with Crippen molar-refractivity contribution in [2.24, 2.45) is 0 Å². The molecule has 1 aliphatic rings. The smallest absolute Gasteiger partial charge is 0.332 e. The number of aromatic amines is 1. The predicted octanol–water partition coefficient (Wildman–Crippen LogP) is 7.62. The molecule has 1 N–H and O–H groups in total. The Morgan fingerprint density at radius 1 is 1.04 bits per heavy atom. The molecule has 1 aromatic heterocycles. The second-order valence-corrected chi connectivity index (χ2v) is 12.3. The number of nitrogens with zero attached hydrogens (tertiary/aromatic N) is 1. The summed E-state index contributed by atoms with van der Waals surface area (Å²) >= 11 is 0. The van der Waals surface area contributed by atoms with Crippen molar-refractivity contribution in [3.05, 3.63) is 100 Å². The third-order valence-electron chi connectivity index (χ3n) is 8.07. The fraction of sp³-hybridized carbons (Fsp3) is 0.417. The Balaban J connectivity index is 1.28. The van der Waals surface area contributed by atoms with E-state index in [1.54, 1.807) is 6.92 Å². The molecule has 0 saturated carbocycles. The number of carbonyl (C=O) groups is 1. The lowest BCUT2D eigenvalue weighted by molar-refractivity contribution is -0.148. The zero-order valence-electron chi connectivity index (χ0n) is 26.3. The molecule has 45 heavy (non-hydrogen) atoms. The van der Waals surface area contributed by atoms with Crippen LogP contribution in [0.1, 0.15) is 68.1 Å². The van der Waals surface area contributed by atoms with Crippen molar-refractivity contribution in [1.82, 2.24) is 9.88 Å². The molecule has 4 aromatic rings. The van der Waals surface area contributed by atoms with Crippen molar-refractivity contribution < 1.29 is 32.2 Å². The second-order valence-electron chi connectivity index (χ2n) is 12.3. The molecule has 0 bridgehead atoms. The van der Waals surface area contributed by atoms with Crippen LogP contribution in [0.15, 0.2) is 60.7 Å². The summed E-state index contributed by atoms with van der Waals surface area (Å²) in [5.41, 5.74) is 2.88. The summed E-state index contributed by atoms with van der Waals surface area (Å²) in [6.45, 7) is 7.46. The SMILES string of the molecule is CCOC(=O)COCc1cccc(CCCOc2cc(F)c([C@@H]3c4[nH]c5ccccc5c4C[C@@H](C)N3CC(C)(C)F)c(F)c2)c1. The Hall–Kier alpha value is -3.82. The van der Waals surface area contributed by atoms with Gasteiger partial charge in [0, 0.05) is 46.9 Å². The van der Waals surface area contributed by atoms with Crippen LogP contribution >= 0.6 is 0 Å². The minimum Gasteiger partial charge on any atom is -0.493 e. The molecular weight excluding hydrogens is 581 g/mol. The first kappa shape index (κ1) is 32.6. The van der Waals surface area contributed by atoms with Gasteiger partial charge in [0.2, 0.25) is 0 Å². The van der Waals surface area contributed by atoms with Crippen LogP contribution in [0.3, 0.4) is 0 Å². The molecule has 0 saturated heterocycles. The third-order valence-corrected chi connectivity index (χ3v) is 8.07. The number of nitrogens with one attached hydrogen (secondary N) is 1. The highest BCUT2D eigenvalue weighted by Gasteiger charge is 2.41. The fourth-order valence-electron chi connectivity index (χ4n) is 6.20. The lowest BCUT2D eigenvalue weighted by Gasteiger charge is -2.43. The summed E-state index contributed by atoms with van der Waals surface area (Å²) in [5.74, 6) is -1.76. The maximum absolute atomic E-state index is 15.9. The molecule has 1 aliphatic heterocycles. The van der Waals surface area contributed by atoms with Gasteiger partial charge in [0.1, 0.15) is 29.7 Å². The first-order chi connectivity index (χ1) is 21.5. The maximum atomic E-state index is 15.9. The number of hydrogen-bond acceptors (Lipinski definition) is 5. The first-order valence-corrected chi connectivity index (χ1v) is 15.5. The van der Waals surface area contributed by atoms with E-state index in [1.165, 1.54) is 26.0 Å². The highest BCUT2D eigenvalue weighted by molar-refractivity contribution is 5.85. The zero-order chi connectivity index (χ0) is 32.1. The summed E-state index contributed by atoms with van der Waals surface area (Å²) < 4.78 is 62.9. The second kappa shape index (κ2) is 14.1. The van der Waals surface area contributed by atoms with Gasteiger partial charge in [0.15, 0.2) is 0 Å². The molecule has 2 atom stereocenters. The number of hydrogen-bond donors (Lipinski definition) is 1. The van der Waals surface area contributed by atoms with Crippen LogP contribution in [0.4, 0.5) is 13.2 Å². The summed E-state index contributed by atoms with van der Waals surface area (Å²) in [7, 11) is 0. The number of alkyl halides is 1. The molecule has 0 unspecified atom stereocenters. The van der Waals surface area contributed by atoms with Crippen LogP contribution in [0.2, 0.25) is 0 Å². The van der Waals surface area contributed by atoms with Crippen molar-refractivity contribution in [2.75, 3.05) is 26.4 Å². The Labute approximate surface area is 262 Å². The predicted molar refractivity (Wildman–Crippen MR) is 168 cm³/mol. The molecule has 2 heterocycles. The average Bonchev–Trinajstić information content (AvgIpc) is 3.34. The van der Waals surface area contributed by atoms with Crippen molar-refractivity contribution in [1.29, 1.82) is 0 Å². The van der Waals surface area contributed by atoms with Gasteiger partial charge in [-0.1, -0.05) is 42.5 Å². The molecule has 0 amide bonds. The zero-order valence-corrected chi connectivity index (χ0v) is 26.3. The quantitative estimate of drug-likeness (QED) is 0.123. The topological polar surface area (TPSA) is 63.8 Å². The number of esters is 1. The molecule has 0 aliphatic carbocycles. The molecule has 0 spiro atoms. The highest BCUT2D eigenvalue weighted by Crippen LogP contribution is 2.43. The molecule has 6 nitrogen and oxygen atoms in total. The summed E-state index contributed by atoms with van der Waals surface area (Å²) in [6, 6.07) is 17.1. The fourth-order valence-corrected chi connectivity index (χ4v) is 6.20. The van der Waals surface area contributed by atoms with Crippen molar-refractivity contribution in [3.8, 4) is 5.75 Å². The van der Waals surface area contributed by atoms with E-state index < -0.39 is 29.3 Å². The number of carbonyl (C=O) groups excluding carboxylic acids is 1. The van der Waals surface area contributed by atoms with Gasteiger partial charge in [0.05, 0.1) is 25.9 Å². The van der Waals surface area contributed by atoms with E-state index in [0.717, 1.165) is 27.6 Å². The average molecular weight is 623 g/mol. The van der Waals surface area contributed by atoms with E-state index in [9.17, 15) is 4.79 Å². The van der Waals surface area contributed by atoms with E-state index in [1.807, 2.05) is 60.4 Å². The monoisotopic (exact) mass is 622 g/mol. The van der Waals surface area contributed by atoms with Crippen LogP contribution in [0.25, 0.3) is 10.9 Å². The summed E-state index contributed by atoms with van der Waals surface area (Å²) in [5, 5.41) is 1.01. The number of benzene rings is 3. The van der Waals surface area contributed by atoms with Gasteiger partial charge in [-0.05, 0) is 69.7 Å². The normalized spacial score (nSPS) is 17.0. The molecule has 240 valence electrons. The van der Waals surface area contributed by atoms with Crippen LogP contribution in [-0.2, 0) is 33.7 Å². The highest BCUT2D eigenvalue weighted by atomic mass is 19.1. The third kappa shape index (κ3) is 7.89. The standard InChI is InChI=1S/C36H41F3N2O4/c1-5-44-32(42)21-43-20-25-11-8-10-24(17-25)12-9-15-45-26-18-29(37)33(30(38)19-26)35-34-28(27-13-6-7-14-31(27)40-34)16-23(2)41(35)22-36(3,4)39/h6-8,10-11,13-14,17-19,23,35,40H,5,9,12,15-16,20-22H2,1-4H3/t23-,35-/m1/s1. The van der Waals surface area contributed by atoms with Gasteiger partial charge < -0.3 is 19.2 Å². The Morgan fingerprint density at radius 3 is 2.51 bits per heavy atom. The summed E-state index contributed by atoms with van der Waals surface area (Å²) in [6.07, 6.45) is 1.95. The minimum atomic E-state index is -1.57. The number of fused-ring (bicyclic) bond motifs is 3. The van der Waals surface area contributed by atoms with E-state index in [2.05, 4.69) is 4.98 Å². The van der Waals surface area contributed by atoms with Gasteiger partial charge in [0.25, 0.3) is 0 Å². The molecule has 0 fully saturated rings. The van der Waals surface area contributed by atoms with Crippen LogP contribution in [0, 0.1) is 11.6 Å². The van der Waals surface area contributed by atoms with Crippen LogP contribution < -0.4 is 4.74 Å². The number of rotatable bonds is 13. The van der Waals surface area contributed by atoms with Crippen LogP contribution in [-0.4, -0.2) is 53.9 Å². The van der Waals surface area contributed by atoms with Gasteiger partial charge in [-0.25, -0.2) is 18.0 Å². The lowest BCUT2D eigenvalue weighted by Crippen LogP contribution is -2.48. The first-order valence-electron chi connectivity index (χ1n) is 15.5. The van der Waals surface area contributed by atoms with Crippen molar-refractivity contribution >= 4 is 16.9 Å². The number of aryl methyl sites for hydroxylation is 1. The van der Waals surface area contributed by atoms with Gasteiger partial charge >= 0.3 is 5.97 Å². The number of halogens is 3. The van der Waals surface area contributed by atoms with Crippen LogP contribution in [0.5, 0.6) is 5.75 Å². The molecule has 0 radical (unpaired) electrons. The Kier molecular flexibility index (Phi) is 10.2. The van der Waals surface area contributed by atoms with E-state index in [4.69, 9.17) is 14.2 Å². The van der Waals surface area contributed by atoms with Gasteiger partial charge in [-0.15, -0.1) is 0 Å². The van der Waals surface area contributed by atoms with E-state index >= 15 is 13.2 Å². The maximum Gasteiger partial charge on any atom is 0.332 e. The molecular formula is C36H41F3N2O4. The van der Waals surface area contributed by atoms with E-state index in [0.29, 0.717) is 31.6 Å². The Morgan fingerprint density at radius 2 is 1.78 bits per heavy atom. The number of aromatic nitrogens is 1. The number of H-pyrrole nitrogens is 1. The summed E-state index contributed by atoms with van der Waals surface area (Å²) in [4.78, 5) is 16.7. The Bertz CT molecular complexity index is 1610. The number of para-hydroxylation sites is 1. The van der Waals surface area contributed by atoms with E-state index in [-0.39, 0.29) is 43.7 Å².